The number of benzene rings is 2. The maximum Gasteiger partial charge on any atom is 0.162 e. The minimum Gasteiger partial charge on any atom is -0.485 e. The van der Waals surface area contributed by atoms with Crippen LogP contribution < -0.4 is 9.47 Å². The summed E-state index contributed by atoms with van der Waals surface area (Å²) in [6.07, 6.45) is -0.0228. The van der Waals surface area contributed by atoms with Crippen LogP contribution in [0.3, 0.4) is 0 Å². The van der Waals surface area contributed by atoms with Gasteiger partial charge in [0.15, 0.2) is 17.6 Å². The Balaban J connectivity index is 1.42. The van der Waals surface area contributed by atoms with Crippen LogP contribution >= 0.6 is 11.8 Å². The smallest absolute Gasteiger partial charge is 0.162 e. The number of fused-ring (bicyclic) bond motifs is 1. The quantitative estimate of drug-likeness (QED) is 0.856. The van der Waals surface area contributed by atoms with Gasteiger partial charge in [-0.1, -0.05) is 36.4 Å². The van der Waals surface area contributed by atoms with Gasteiger partial charge in [0.1, 0.15) is 6.61 Å². The highest BCUT2D eigenvalue weighted by Crippen LogP contribution is 2.35. The Bertz CT molecular complexity index is 653. The van der Waals surface area contributed by atoms with Gasteiger partial charge in [-0.25, -0.2) is 0 Å². The fourth-order valence-corrected chi connectivity index (χ4v) is 4.02. The van der Waals surface area contributed by atoms with E-state index in [0.717, 1.165) is 18.0 Å². The van der Waals surface area contributed by atoms with Gasteiger partial charge in [-0.2, -0.15) is 11.8 Å². The predicted octanol–water partition coefficient (Wildman–Crippen LogP) is 3.75. The zero-order valence-electron chi connectivity index (χ0n) is 13.1. The van der Waals surface area contributed by atoms with E-state index in [4.69, 9.17) is 9.47 Å². The molecule has 2 heterocycles. The number of rotatable bonds is 3. The average Bonchev–Trinajstić information content (AvgIpc) is 2.63. The van der Waals surface area contributed by atoms with Crippen molar-refractivity contribution in [1.29, 1.82) is 0 Å². The van der Waals surface area contributed by atoms with Crippen molar-refractivity contribution in [2.24, 2.45) is 0 Å². The number of para-hydroxylation sites is 2. The van der Waals surface area contributed by atoms with Gasteiger partial charge in [-0.3, -0.25) is 4.90 Å². The third-order valence-corrected chi connectivity index (χ3v) is 5.31. The van der Waals surface area contributed by atoms with E-state index in [1.54, 1.807) is 0 Å². The van der Waals surface area contributed by atoms with Crippen molar-refractivity contribution in [1.82, 2.24) is 4.90 Å². The van der Waals surface area contributed by atoms with Gasteiger partial charge in [0.25, 0.3) is 0 Å². The predicted molar refractivity (Wildman–Crippen MR) is 94.4 cm³/mol. The van der Waals surface area contributed by atoms with Crippen LogP contribution in [-0.2, 0) is 6.54 Å². The van der Waals surface area contributed by atoms with Crippen molar-refractivity contribution in [2.75, 3.05) is 31.2 Å². The fourth-order valence-electron chi connectivity index (χ4n) is 3.04. The lowest BCUT2D eigenvalue weighted by Gasteiger charge is -2.27. The molecule has 1 fully saturated rings. The molecule has 1 unspecified atom stereocenters. The van der Waals surface area contributed by atoms with Crippen molar-refractivity contribution in [3.63, 3.8) is 0 Å². The van der Waals surface area contributed by atoms with E-state index < -0.39 is 0 Å². The lowest BCUT2D eigenvalue weighted by atomic mass is 10.1. The third kappa shape index (κ3) is 3.48. The van der Waals surface area contributed by atoms with Crippen LogP contribution in [0.15, 0.2) is 48.5 Å². The highest BCUT2D eigenvalue weighted by molar-refractivity contribution is 7.99. The van der Waals surface area contributed by atoms with E-state index in [0.29, 0.717) is 6.61 Å². The molecule has 4 heteroatoms. The maximum absolute atomic E-state index is 6.07. The fraction of sp³-hybridized carbons (Fsp3) is 0.368. The standard InChI is InChI=1S/C19H21NO2S/c1-2-4-18-17(3-1)21-14-19(22-18)16-7-5-15(6-8-16)13-20-9-11-23-12-10-20/h1-8,19H,9-14H2. The Hall–Kier alpha value is -1.65. The SMILES string of the molecule is c1ccc2c(c1)OCC(c1ccc(CN3CCSCC3)cc1)O2. The molecule has 0 bridgehead atoms. The maximum atomic E-state index is 6.07. The Morgan fingerprint density at radius 1 is 0.957 bits per heavy atom. The van der Waals surface area contributed by atoms with E-state index in [9.17, 15) is 0 Å². The van der Waals surface area contributed by atoms with Crippen LogP contribution in [0.2, 0.25) is 0 Å². The number of hydrogen-bond acceptors (Lipinski definition) is 4. The summed E-state index contributed by atoms with van der Waals surface area (Å²) in [6, 6.07) is 16.7. The second kappa shape index (κ2) is 6.85. The third-order valence-electron chi connectivity index (χ3n) is 4.37. The first kappa shape index (κ1) is 14.9. The van der Waals surface area contributed by atoms with Gasteiger partial charge >= 0.3 is 0 Å². The average molecular weight is 327 g/mol. The zero-order valence-corrected chi connectivity index (χ0v) is 13.9. The summed E-state index contributed by atoms with van der Waals surface area (Å²) in [5.74, 6) is 4.18. The minimum atomic E-state index is -0.0228. The van der Waals surface area contributed by atoms with E-state index in [-0.39, 0.29) is 6.10 Å². The second-order valence-electron chi connectivity index (χ2n) is 5.99. The van der Waals surface area contributed by atoms with Crippen LogP contribution in [0.1, 0.15) is 17.2 Å². The van der Waals surface area contributed by atoms with Crippen molar-refractivity contribution in [2.45, 2.75) is 12.6 Å². The van der Waals surface area contributed by atoms with E-state index in [1.165, 1.54) is 35.7 Å². The molecule has 0 radical (unpaired) electrons. The molecule has 3 nitrogen and oxygen atoms in total. The first-order valence-electron chi connectivity index (χ1n) is 8.16. The first-order chi connectivity index (χ1) is 11.4. The highest BCUT2D eigenvalue weighted by Gasteiger charge is 2.22. The minimum absolute atomic E-state index is 0.0228. The van der Waals surface area contributed by atoms with Gasteiger partial charge < -0.3 is 9.47 Å². The number of ether oxygens (including phenoxy) is 2. The van der Waals surface area contributed by atoms with Crippen molar-refractivity contribution in [3.8, 4) is 11.5 Å². The van der Waals surface area contributed by atoms with Gasteiger partial charge in [0, 0.05) is 31.1 Å². The van der Waals surface area contributed by atoms with Crippen LogP contribution in [-0.4, -0.2) is 36.1 Å². The number of thioether (sulfide) groups is 1. The number of hydrogen-bond donors (Lipinski definition) is 0. The van der Waals surface area contributed by atoms with E-state index in [2.05, 4.69) is 40.9 Å². The lowest BCUT2D eigenvalue weighted by molar-refractivity contribution is 0.0913. The molecular formula is C19H21NO2S. The van der Waals surface area contributed by atoms with Gasteiger partial charge in [-0.05, 0) is 23.3 Å². The second-order valence-corrected chi connectivity index (χ2v) is 7.22. The molecule has 4 rings (SSSR count). The topological polar surface area (TPSA) is 21.7 Å². The van der Waals surface area contributed by atoms with Gasteiger partial charge in [0.05, 0.1) is 0 Å². The zero-order chi connectivity index (χ0) is 15.5. The van der Waals surface area contributed by atoms with E-state index in [1.807, 2.05) is 24.3 Å². The molecule has 2 aliphatic heterocycles. The van der Waals surface area contributed by atoms with Crippen molar-refractivity contribution >= 4 is 11.8 Å². The van der Waals surface area contributed by atoms with Crippen LogP contribution in [0, 0.1) is 0 Å². The monoisotopic (exact) mass is 327 g/mol. The Morgan fingerprint density at radius 3 is 2.48 bits per heavy atom. The normalized spacial score (nSPS) is 21.1. The molecule has 2 aliphatic rings. The molecule has 0 aromatic heterocycles. The molecule has 0 amide bonds. The first-order valence-corrected chi connectivity index (χ1v) is 9.31. The lowest BCUT2D eigenvalue weighted by Crippen LogP contribution is -2.31. The molecule has 0 saturated carbocycles. The summed E-state index contributed by atoms with van der Waals surface area (Å²) in [6.45, 7) is 4.01. The van der Waals surface area contributed by atoms with Crippen LogP contribution in [0.4, 0.5) is 0 Å². The molecule has 23 heavy (non-hydrogen) atoms. The van der Waals surface area contributed by atoms with Crippen LogP contribution in [0.5, 0.6) is 11.5 Å². The Kier molecular flexibility index (Phi) is 4.44. The van der Waals surface area contributed by atoms with Gasteiger partial charge in [-0.15, -0.1) is 0 Å². The molecule has 0 aliphatic carbocycles. The summed E-state index contributed by atoms with van der Waals surface area (Å²) in [5, 5.41) is 0. The summed E-state index contributed by atoms with van der Waals surface area (Å²) >= 11 is 2.05. The van der Waals surface area contributed by atoms with Crippen molar-refractivity contribution < 1.29 is 9.47 Å². The summed E-state index contributed by atoms with van der Waals surface area (Å²) in [7, 11) is 0. The van der Waals surface area contributed by atoms with Crippen LogP contribution in [0.25, 0.3) is 0 Å². The molecule has 2 aromatic carbocycles. The molecule has 0 N–H and O–H groups in total. The molecule has 2 aromatic rings. The van der Waals surface area contributed by atoms with Gasteiger partial charge in [0.2, 0.25) is 0 Å². The molecular weight excluding hydrogens is 306 g/mol. The van der Waals surface area contributed by atoms with E-state index >= 15 is 0 Å². The summed E-state index contributed by atoms with van der Waals surface area (Å²) in [5.41, 5.74) is 2.55. The molecule has 120 valence electrons. The Morgan fingerprint density at radius 2 is 1.70 bits per heavy atom. The summed E-state index contributed by atoms with van der Waals surface area (Å²) in [4.78, 5) is 2.53. The molecule has 1 saturated heterocycles. The largest absolute Gasteiger partial charge is 0.485 e. The summed E-state index contributed by atoms with van der Waals surface area (Å²) < 4.78 is 11.9. The molecule has 1 atom stereocenters. The highest BCUT2D eigenvalue weighted by atomic mass is 32.2. The number of nitrogens with zero attached hydrogens (tertiary/aromatic N) is 1. The van der Waals surface area contributed by atoms with Crippen molar-refractivity contribution in [3.05, 3.63) is 59.7 Å². The Labute approximate surface area is 141 Å². The molecule has 0 spiro atoms.